The number of guanidine groups is 2. The van der Waals surface area contributed by atoms with Crippen LogP contribution in [0.25, 0.3) is 67.4 Å². The third kappa shape index (κ3) is 4.69. The van der Waals surface area contributed by atoms with Crippen molar-refractivity contribution in [1.29, 1.82) is 5.41 Å². The molecule has 0 bridgehead atoms. The number of rotatable bonds is 4. The van der Waals surface area contributed by atoms with Gasteiger partial charge in [0.05, 0.1) is 11.4 Å². The lowest BCUT2D eigenvalue weighted by atomic mass is 10.0. The molecule has 0 aliphatic heterocycles. The van der Waals surface area contributed by atoms with Crippen LogP contribution in [0.5, 0.6) is 0 Å². The van der Waals surface area contributed by atoms with Crippen LogP contribution in [0.1, 0.15) is 44.5 Å². The Morgan fingerprint density at radius 3 is 1.68 bits per heavy atom. The number of anilines is 3. The largest absolute Gasteiger partial charge is 0.325 e. The Labute approximate surface area is 324 Å². The van der Waals surface area contributed by atoms with Crippen LogP contribution in [-0.2, 0) is 25.7 Å². The molecule has 0 fully saturated rings. The van der Waals surface area contributed by atoms with Crippen LogP contribution in [0.3, 0.4) is 0 Å². The number of hydrogen-bond donors (Lipinski definition) is 4. The first kappa shape index (κ1) is 31.2. The fourth-order valence-electron chi connectivity index (χ4n) is 9.68. The zero-order valence-corrected chi connectivity index (χ0v) is 30.6. The monoisotopic (exact) mass is 720 g/mol. The van der Waals surface area contributed by atoms with Crippen LogP contribution in [-0.4, -0.2) is 11.9 Å². The van der Waals surface area contributed by atoms with E-state index >= 15 is 0 Å². The molecule has 4 aliphatic carbocycles. The second-order valence-electron chi connectivity index (χ2n) is 15.3. The summed E-state index contributed by atoms with van der Waals surface area (Å²) in [5.41, 5.74) is 17.4. The molecule has 4 aliphatic rings. The van der Waals surface area contributed by atoms with Gasteiger partial charge in [-0.05, 0) is 116 Å². The molecule has 0 spiro atoms. The van der Waals surface area contributed by atoms with E-state index in [1.807, 2.05) is 5.01 Å². The quantitative estimate of drug-likeness (QED) is 0.0829. The van der Waals surface area contributed by atoms with Crippen LogP contribution >= 0.6 is 0 Å². The van der Waals surface area contributed by atoms with E-state index in [1.54, 1.807) is 0 Å². The molecule has 0 unspecified atom stereocenters. The number of hydrogen-bond acceptors (Lipinski definition) is 2. The SMILES string of the molecule is N=C(Nc1ccc2c3c(cccc13)C=C2)NN(C(=Nc1ccc2c3c(cccc13)CC2)Nc1ccc2c3c(cccc13)CC2)c1ccc2c3c(cccc13)C=C2. The van der Waals surface area contributed by atoms with Crippen molar-refractivity contribution in [1.82, 2.24) is 5.43 Å². The summed E-state index contributed by atoms with van der Waals surface area (Å²) in [6.07, 6.45) is 12.9. The molecule has 0 heterocycles. The lowest BCUT2D eigenvalue weighted by Gasteiger charge is -2.30. The van der Waals surface area contributed by atoms with Crippen LogP contribution in [0.4, 0.5) is 22.7 Å². The Morgan fingerprint density at radius 2 is 0.964 bits per heavy atom. The van der Waals surface area contributed by atoms with Gasteiger partial charge in [0.2, 0.25) is 11.9 Å². The summed E-state index contributed by atoms with van der Waals surface area (Å²) in [4.78, 5) is 5.57. The molecule has 56 heavy (non-hydrogen) atoms. The third-order valence-electron chi connectivity index (χ3n) is 12.2. The van der Waals surface area contributed by atoms with Gasteiger partial charge in [-0.3, -0.25) is 10.8 Å². The van der Waals surface area contributed by atoms with Crippen molar-refractivity contribution in [3.63, 3.8) is 0 Å². The smallest absolute Gasteiger partial charge is 0.227 e. The summed E-state index contributed by atoms with van der Waals surface area (Å²) in [7, 11) is 0. The first-order valence-corrected chi connectivity index (χ1v) is 19.5. The summed E-state index contributed by atoms with van der Waals surface area (Å²) in [6.45, 7) is 0. The standard InChI is InChI=1S/C50H36N6/c51-49(52-41-25-21-33-17-13-29-5-1-9-37(41)45(29)33)55-56(44-28-24-36-20-16-32-8-4-12-40(44)48(32)36)50(53-42-26-22-34-18-14-30-6-2-10-38(42)46(30)34)54-43-27-23-35-19-15-31-7-3-11-39(43)47(31)35/h1-13,16-17,20-28H,14-15,18-19H2,(H,53,54)(H3,51,52,55). The Balaban J connectivity index is 1.05. The molecule has 0 saturated heterocycles. The van der Waals surface area contributed by atoms with Crippen molar-refractivity contribution in [2.24, 2.45) is 4.99 Å². The minimum absolute atomic E-state index is 0.119. The van der Waals surface area contributed by atoms with Crippen LogP contribution in [0.15, 0.2) is 126 Å². The second-order valence-corrected chi connectivity index (χ2v) is 15.3. The minimum atomic E-state index is 0.119. The Hall–Kier alpha value is -7.18. The van der Waals surface area contributed by atoms with Crippen LogP contribution in [0.2, 0.25) is 0 Å². The Kier molecular flexibility index (Phi) is 6.63. The van der Waals surface area contributed by atoms with Crippen molar-refractivity contribution < 1.29 is 0 Å². The normalized spacial score (nSPS) is 14.2. The van der Waals surface area contributed by atoms with E-state index in [9.17, 15) is 5.41 Å². The lowest BCUT2D eigenvalue weighted by molar-refractivity contribution is 0.949. The van der Waals surface area contributed by atoms with E-state index in [2.05, 4.69) is 162 Å². The molecule has 4 N–H and O–H groups in total. The fraction of sp³-hybridized carbons (Fsp3) is 0.0800. The highest BCUT2D eigenvalue weighted by atomic mass is 15.6. The van der Waals surface area contributed by atoms with Crippen LogP contribution < -0.4 is 21.1 Å². The van der Waals surface area contributed by atoms with Gasteiger partial charge in [0.15, 0.2) is 0 Å². The second kappa shape index (κ2) is 11.9. The molecule has 0 amide bonds. The molecule has 12 rings (SSSR count). The van der Waals surface area contributed by atoms with Crippen molar-refractivity contribution >= 4 is 102 Å². The molecule has 0 atom stereocenters. The van der Waals surface area contributed by atoms with Gasteiger partial charge >= 0.3 is 0 Å². The van der Waals surface area contributed by atoms with Crippen molar-refractivity contribution in [2.75, 3.05) is 15.6 Å². The maximum absolute atomic E-state index is 9.58. The van der Waals surface area contributed by atoms with Crippen molar-refractivity contribution in [3.8, 4) is 0 Å². The highest BCUT2D eigenvalue weighted by Crippen LogP contribution is 2.41. The minimum Gasteiger partial charge on any atom is -0.325 e. The number of nitrogens with zero attached hydrogens (tertiary/aromatic N) is 2. The molecule has 0 radical (unpaired) electrons. The number of aliphatic imine (C=N–C) groups is 1. The first-order valence-electron chi connectivity index (χ1n) is 19.5. The molecule has 6 heteroatoms. The van der Waals surface area contributed by atoms with Crippen molar-refractivity contribution in [2.45, 2.75) is 25.7 Å². The van der Waals surface area contributed by atoms with E-state index in [1.165, 1.54) is 71.4 Å². The van der Waals surface area contributed by atoms with Gasteiger partial charge in [0.25, 0.3) is 0 Å². The predicted octanol–water partition coefficient (Wildman–Crippen LogP) is 11.6. The molecule has 6 nitrogen and oxygen atoms in total. The molecule has 8 aromatic carbocycles. The van der Waals surface area contributed by atoms with Gasteiger partial charge in [-0.25, -0.2) is 10.0 Å². The number of benzene rings is 8. The highest BCUT2D eigenvalue weighted by molar-refractivity contribution is 6.19. The average molecular weight is 721 g/mol. The summed E-state index contributed by atoms with van der Waals surface area (Å²) >= 11 is 0. The van der Waals surface area contributed by atoms with E-state index in [4.69, 9.17) is 4.99 Å². The number of aryl methyl sites for hydroxylation is 4. The van der Waals surface area contributed by atoms with Crippen molar-refractivity contribution in [3.05, 3.63) is 166 Å². The maximum Gasteiger partial charge on any atom is 0.227 e. The Morgan fingerprint density at radius 1 is 0.464 bits per heavy atom. The Bertz CT molecular complexity index is 3110. The summed E-state index contributed by atoms with van der Waals surface area (Å²) in [5, 5.41) is 28.3. The van der Waals surface area contributed by atoms with Gasteiger partial charge < -0.3 is 10.6 Å². The van der Waals surface area contributed by atoms with Gasteiger partial charge in [-0.15, -0.1) is 0 Å². The average Bonchev–Trinajstić information content (AvgIpc) is 4.05. The van der Waals surface area contributed by atoms with E-state index < -0.39 is 0 Å². The molecule has 8 aromatic rings. The predicted molar refractivity (Wildman–Crippen MR) is 236 cm³/mol. The van der Waals surface area contributed by atoms with E-state index in [-0.39, 0.29) is 5.96 Å². The van der Waals surface area contributed by atoms with Gasteiger partial charge in [0.1, 0.15) is 0 Å². The van der Waals surface area contributed by atoms with Crippen LogP contribution in [0, 0.1) is 5.41 Å². The molecular weight excluding hydrogens is 685 g/mol. The maximum atomic E-state index is 9.58. The lowest BCUT2D eigenvalue weighted by Crippen LogP contribution is -2.51. The zero-order chi connectivity index (χ0) is 36.9. The summed E-state index contributed by atoms with van der Waals surface area (Å²) < 4.78 is 0. The topological polar surface area (TPSA) is 75.5 Å². The molecule has 0 saturated carbocycles. The number of nitrogens with one attached hydrogen (secondary N) is 4. The van der Waals surface area contributed by atoms with E-state index in [0.717, 1.165) is 64.6 Å². The molecule has 0 aromatic heterocycles. The first-order chi connectivity index (χ1) is 27.6. The summed E-state index contributed by atoms with van der Waals surface area (Å²) in [6, 6.07) is 43.4. The highest BCUT2D eigenvalue weighted by Gasteiger charge is 2.25. The molecular formula is C50H36N6. The summed E-state index contributed by atoms with van der Waals surface area (Å²) in [5.74, 6) is 0.679. The number of hydrazine groups is 1. The molecule has 266 valence electrons. The van der Waals surface area contributed by atoms with E-state index in [0.29, 0.717) is 5.96 Å². The fourth-order valence-corrected chi connectivity index (χ4v) is 9.68. The van der Waals surface area contributed by atoms with Gasteiger partial charge in [0, 0.05) is 32.9 Å². The zero-order valence-electron chi connectivity index (χ0n) is 30.6. The van der Waals surface area contributed by atoms with Gasteiger partial charge in [-0.2, -0.15) is 0 Å². The van der Waals surface area contributed by atoms with Gasteiger partial charge in [-0.1, -0.05) is 121 Å². The third-order valence-corrected chi connectivity index (χ3v) is 12.2.